The molecular weight excluding hydrogens is 278 g/mol. The SMILES string of the molecule is CC(CNC(=O)NCC(O)C1CC1)c1ccc(F)c(F)c1. The number of rotatable bonds is 6. The molecule has 6 heteroatoms. The summed E-state index contributed by atoms with van der Waals surface area (Å²) in [4.78, 5) is 11.6. The first kappa shape index (κ1) is 15.7. The number of benzene rings is 1. The summed E-state index contributed by atoms with van der Waals surface area (Å²) in [6, 6.07) is 3.34. The third-order valence-corrected chi connectivity index (χ3v) is 3.72. The van der Waals surface area contributed by atoms with Crippen molar-refractivity contribution in [2.24, 2.45) is 5.92 Å². The average Bonchev–Trinajstić information content (AvgIpc) is 3.29. The van der Waals surface area contributed by atoms with Crippen LogP contribution in [0.25, 0.3) is 0 Å². The van der Waals surface area contributed by atoms with Gasteiger partial charge in [-0.15, -0.1) is 0 Å². The first-order valence-corrected chi connectivity index (χ1v) is 7.12. The number of aliphatic hydroxyl groups is 1. The first-order chi connectivity index (χ1) is 9.97. The van der Waals surface area contributed by atoms with Crippen LogP contribution in [0.5, 0.6) is 0 Å². The van der Waals surface area contributed by atoms with Crippen LogP contribution in [0, 0.1) is 17.6 Å². The van der Waals surface area contributed by atoms with Crippen molar-refractivity contribution in [2.75, 3.05) is 13.1 Å². The molecule has 1 aliphatic rings. The molecule has 1 saturated carbocycles. The van der Waals surface area contributed by atoms with Gasteiger partial charge in [0.25, 0.3) is 0 Å². The molecule has 2 unspecified atom stereocenters. The maximum absolute atomic E-state index is 13.1. The summed E-state index contributed by atoms with van der Waals surface area (Å²) in [5.74, 6) is -1.60. The van der Waals surface area contributed by atoms with Gasteiger partial charge in [-0.3, -0.25) is 0 Å². The van der Waals surface area contributed by atoms with Crippen molar-refractivity contribution in [2.45, 2.75) is 31.8 Å². The molecule has 1 aliphatic carbocycles. The fraction of sp³-hybridized carbons (Fsp3) is 0.533. The summed E-state index contributed by atoms with van der Waals surface area (Å²) in [6.07, 6.45) is 1.54. The molecule has 0 aliphatic heterocycles. The molecule has 1 aromatic carbocycles. The van der Waals surface area contributed by atoms with E-state index in [9.17, 15) is 18.7 Å². The highest BCUT2D eigenvalue weighted by molar-refractivity contribution is 5.73. The third-order valence-electron chi connectivity index (χ3n) is 3.72. The lowest BCUT2D eigenvalue weighted by Crippen LogP contribution is -2.41. The number of hydrogen-bond donors (Lipinski definition) is 3. The Hall–Kier alpha value is -1.69. The lowest BCUT2D eigenvalue weighted by molar-refractivity contribution is 0.149. The van der Waals surface area contributed by atoms with Crippen molar-refractivity contribution < 1.29 is 18.7 Å². The van der Waals surface area contributed by atoms with Crippen LogP contribution in [0.1, 0.15) is 31.2 Å². The summed E-state index contributed by atoms with van der Waals surface area (Å²) in [6.45, 7) is 2.35. The lowest BCUT2D eigenvalue weighted by Gasteiger charge is -2.15. The topological polar surface area (TPSA) is 61.4 Å². The fourth-order valence-corrected chi connectivity index (χ4v) is 2.09. The van der Waals surface area contributed by atoms with Gasteiger partial charge in [0.1, 0.15) is 0 Å². The summed E-state index contributed by atoms with van der Waals surface area (Å²) in [5.41, 5.74) is 0.618. The molecule has 2 rings (SSSR count). The Labute approximate surface area is 122 Å². The molecule has 0 bridgehead atoms. The summed E-state index contributed by atoms with van der Waals surface area (Å²) in [5, 5.41) is 14.9. The van der Waals surface area contributed by atoms with Crippen LogP contribution in [0.2, 0.25) is 0 Å². The van der Waals surface area contributed by atoms with Gasteiger partial charge in [0.2, 0.25) is 0 Å². The van der Waals surface area contributed by atoms with E-state index in [-0.39, 0.29) is 18.5 Å². The summed E-state index contributed by atoms with van der Waals surface area (Å²) in [7, 11) is 0. The van der Waals surface area contributed by atoms with Gasteiger partial charge in [0.15, 0.2) is 11.6 Å². The Balaban J connectivity index is 1.73. The zero-order valence-corrected chi connectivity index (χ0v) is 11.9. The molecule has 21 heavy (non-hydrogen) atoms. The van der Waals surface area contributed by atoms with E-state index in [2.05, 4.69) is 10.6 Å². The Kier molecular flexibility index (Phi) is 5.12. The van der Waals surface area contributed by atoms with Crippen LogP contribution < -0.4 is 10.6 Å². The number of carbonyl (C=O) groups excluding carboxylic acids is 1. The van der Waals surface area contributed by atoms with Gasteiger partial charge >= 0.3 is 6.03 Å². The number of amides is 2. The van der Waals surface area contributed by atoms with E-state index in [4.69, 9.17) is 0 Å². The van der Waals surface area contributed by atoms with Gasteiger partial charge in [-0.2, -0.15) is 0 Å². The molecule has 1 aromatic rings. The summed E-state index contributed by atoms with van der Waals surface area (Å²) < 4.78 is 26.0. The van der Waals surface area contributed by atoms with E-state index < -0.39 is 17.7 Å². The maximum atomic E-state index is 13.1. The highest BCUT2D eigenvalue weighted by Gasteiger charge is 2.29. The maximum Gasteiger partial charge on any atom is 0.314 e. The van der Waals surface area contributed by atoms with Crippen molar-refractivity contribution in [1.82, 2.24) is 10.6 Å². The van der Waals surface area contributed by atoms with Crippen molar-refractivity contribution >= 4 is 6.03 Å². The van der Waals surface area contributed by atoms with Gasteiger partial charge in [-0.25, -0.2) is 13.6 Å². The van der Waals surface area contributed by atoms with Crippen LogP contribution in [0.3, 0.4) is 0 Å². The van der Waals surface area contributed by atoms with E-state index in [0.29, 0.717) is 18.0 Å². The molecule has 4 nitrogen and oxygen atoms in total. The molecule has 0 heterocycles. The minimum atomic E-state index is -0.892. The Morgan fingerprint density at radius 1 is 1.29 bits per heavy atom. The molecule has 0 radical (unpaired) electrons. The number of halogens is 2. The first-order valence-electron chi connectivity index (χ1n) is 7.12. The van der Waals surface area contributed by atoms with E-state index in [1.165, 1.54) is 6.07 Å². The summed E-state index contributed by atoms with van der Waals surface area (Å²) >= 11 is 0. The van der Waals surface area contributed by atoms with Crippen molar-refractivity contribution in [1.29, 1.82) is 0 Å². The van der Waals surface area contributed by atoms with Crippen LogP contribution >= 0.6 is 0 Å². The Bertz CT molecular complexity index is 506. The molecule has 2 amide bonds. The second-order valence-corrected chi connectivity index (χ2v) is 5.57. The molecule has 2 atom stereocenters. The van der Waals surface area contributed by atoms with Gasteiger partial charge in [-0.1, -0.05) is 13.0 Å². The number of urea groups is 1. The average molecular weight is 298 g/mol. The van der Waals surface area contributed by atoms with E-state index in [1.807, 2.05) is 6.92 Å². The van der Waals surface area contributed by atoms with Crippen LogP contribution in [-0.2, 0) is 0 Å². The second-order valence-electron chi connectivity index (χ2n) is 5.57. The van der Waals surface area contributed by atoms with Crippen LogP contribution in [-0.4, -0.2) is 30.3 Å². The number of aliphatic hydroxyl groups excluding tert-OH is 1. The molecule has 0 spiro atoms. The Morgan fingerprint density at radius 2 is 1.95 bits per heavy atom. The predicted molar refractivity (Wildman–Crippen MR) is 74.9 cm³/mol. The second kappa shape index (κ2) is 6.85. The minimum Gasteiger partial charge on any atom is -0.391 e. The molecule has 1 fully saturated rings. The number of nitrogens with one attached hydrogen (secondary N) is 2. The zero-order valence-electron chi connectivity index (χ0n) is 11.9. The largest absolute Gasteiger partial charge is 0.391 e. The normalized spacial score (nSPS) is 17.1. The van der Waals surface area contributed by atoms with Crippen molar-refractivity contribution in [3.05, 3.63) is 35.4 Å². The van der Waals surface area contributed by atoms with Crippen LogP contribution in [0.15, 0.2) is 18.2 Å². The molecule has 0 aromatic heterocycles. The van der Waals surface area contributed by atoms with Gasteiger partial charge in [0.05, 0.1) is 6.10 Å². The number of carbonyl (C=O) groups is 1. The highest BCUT2D eigenvalue weighted by atomic mass is 19.2. The van der Waals surface area contributed by atoms with Crippen molar-refractivity contribution in [3.8, 4) is 0 Å². The van der Waals surface area contributed by atoms with E-state index >= 15 is 0 Å². The molecule has 116 valence electrons. The third kappa shape index (κ3) is 4.67. The molecule has 3 N–H and O–H groups in total. The quantitative estimate of drug-likeness (QED) is 0.753. The predicted octanol–water partition coefficient (Wildman–Crippen LogP) is 2.14. The highest BCUT2D eigenvalue weighted by Crippen LogP contribution is 2.32. The zero-order chi connectivity index (χ0) is 15.4. The van der Waals surface area contributed by atoms with Crippen molar-refractivity contribution in [3.63, 3.8) is 0 Å². The van der Waals surface area contributed by atoms with Gasteiger partial charge in [0, 0.05) is 13.1 Å². The standard InChI is InChI=1S/C15H20F2N2O2/c1-9(11-4-5-12(16)13(17)6-11)7-18-15(21)19-8-14(20)10-2-3-10/h4-6,9-10,14,20H,2-3,7-8H2,1H3,(H2,18,19,21). The molecular formula is C15H20F2N2O2. The minimum absolute atomic E-state index is 0.140. The monoisotopic (exact) mass is 298 g/mol. The lowest BCUT2D eigenvalue weighted by atomic mass is 10.0. The van der Waals surface area contributed by atoms with Gasteiger partial charge < -0.3 is 15.7 Å². The van der Waals surface area contributed by atoms with E-state index in [0.717, 1.165) is 25.0 Å². The van der Waals surface area contributed by atoms with Gasteiger partial charge in [-0.05, 0) is 42.4 Å². The fourth-order valence-electron chi connectivity index (χ4n) is 2.09. The Morgan fingerprint density at radius 3 is 2.57 bits per heavy atom. The van der Waals surface area contributed by atoms with E-state index in [1.54, 1.807) is 0 Å². The number of hydrogen-bond acceptors (Lipinski definition) is 2. The smallest absolute Gasteiger partial charge is 0.314 e. The molecule has 0 saturated heterocycles. The van der Waals surface area contributed by atoms with Crippen LogP contribution in [0.4, 0.5) is 13.6 Å².